The number of allylic oxidation sites excluding steroid dienone is 2. The molecule has 2 N–H and O–H groups in total. The summed E-state index contributed by atoms with van der Waals surface area (Å²) in [5.41, 5.74) is 9.68. The quantitative estimate of drug-likeness (QED) is 0.627. The zero-order valence-corrected chi connectivity index (χ0v) is 18.5. The highest BCUT2D eigenvalue weighted by Crippen LogP contribution is 2.28. The normalized spacial score (nSPS) is 17.5. The van der Waals surface area contributed by atoms with Crippen molar-refractivity contribution in [2.75, 3.05) is 0 Å². The van der Waals surface area contributed by atoms with Gasteiger partial charge in [0.25, 0.3) is 0 Å². The number of rotatable bonds is 3. The molecule has 0 radical (unpaired) electrons. The van der Waals surface area contributed by atoms with Crippen LogP contribution in [0.2, 0.25) is 0 Å². The predicted octanol–water partition coefficient (Wildman–Crippen LogP) is 6.71. The van der Waals surface area contributed by atoms with Gasteiger partial charge in [0, 0.05) is 19.0 Å². The fourth-order valence-corrected chi connectivity index (χ4v) is 3.45. The number of primary amides is 1. The van der Waals surface area contributed by atoms with Crippen molar-refractivity contribution in [2.24, 2.45) is 11.7 Å². The van der Waals surface area contributed by atoms with E-state index in [0.29, 0.717) is 23.5 Å². The molecule has 1 unspecified atom stereocenters. The molecule has 2 aromatic carbocycles. The first-order chi connectivity index (χ1) is 14.0. The van der Waals surface area contributed by atoms with Crippen molar-refractivity contribution in [3.05, 3.63) is 76.9 Å². The van der Waals surface area contributed by atoms with Crippen LogP contribution in [0.15, 0.2) is 54.6 Å². The molecule has 1 aliphatic rings. The van der Waals surface area contributed by atoms with Crippen LogP contribution < -0.4 is 5.73 Å². The van der Waals surface area contributed by atoms with E-state index in [4.69, 9.17) is 5.73 Å². The van der Waals surface area contributed by atoms with Gasteiger partial charge in [0.05, 0.1) is 0 Å². The van der Waals surface area contributed by atoms with Gasteiger partial charge in [0.1, 0.15) is 0 Å². The number of carbonyl (C=O) groups excluding carboxylic acids is 2. The molecule has 3 nitrogen and oxygen atoms in total. The van der Waals surface area contributed by atoms with E-state index in [1.807, 2.05) is 46.8 Å². The van der Waals surface area contributed by atoms with E-state index in [0.717, 1.165) is 30.4 Å². The molecule has 1 atom stereocenters. The predicted molar refractivity (Wildman–Crippen MR) is 125 cm³/mol. The number of hydrogen-bond acceptors (Lipinski definition) is 2. The Kier molecular flexibility index (Phi) is 10.7. The molecule has 0 aliphatic heterocycles. The van der Waals surface area contributed by atoms with E-state index in [1.54, 1.807) is 12.1 Å². The van der Waals surface area contributed by atoms with Crippen LogP contribution in [0.25, 0.3) is 5.57 Å². The van der Waals surface area contributed by atoms with Gasteiger partial charge in [-0.05, 0) is 60.9 Å². The molecule has 0 saturated heterocycles. The van der Waals surface area contributed by atoms with Crippen LogP contribution in [0, 0.1) is 5.92 Å². The third-order valence-corrected chi connectivity index (χ3v) is 4.93. The number of hydrogen-bond donors (Lipinski definition) is 1. The number of benzene rings is 2. The minimum atomic E-state index is -0.501. The van der Waals surface area contributed by atoms with Gasteiger partial charge in [-0.15, -0.1) is 0 Å². The van der Waals surface area contributed by atoms with Gasteiger partial charge in [0.15, 0.2) is 5.78 Å². The molecule has 0 spiro atoms. The Morgan fingerprint density at radius 2 is 1.69 bits per heavy atom. The summed E-state index contributed by atoms with van der Waals surface area (Å²) in [6, 6.07) is 15.6. The Balaban J connectivity index is 0.00000159. The molecule has 0 heterocycles. The molecule has 1 aliphatic carbocycles. The highest BCUT2D eigenvalue weighted by Gasteiger charge is 2.19. The van der Waals surface area contributed by atoms with Crippen molar-refractivity contribution < 1.29 is 11.0 Å². The monoisotopic (exact) mass is 395 g/mol. The molecule has 2 aromatic rings. The zero-order chi connectivity index (χ0) is 21.8. The summed E-state index contributed by atoms with van der Waals surface area (Å²) in [5.74, 6) is 0.0242. The topological polar surface area (TPSA) is 60.2 Å². The lowest BCUT2D eigenvalue weighted by Crippen LogP contribution is -2.13. The molecular formula is C26H37NO2. The molecule has 1 amide bonds. The fraction of sp³-hybridized carbons (Fsp3) is 0.385. The summed E-state index contributed by atoms with van der Waals surface area (Å²) in [5, 5.41) is 0. The Labute approximate surface area is 177 Å². The van der Waals surface area contributed by atoms with Gasteiger partial charge < -0.3 is 5.73 Å². The first-order valence-corrected chi connectivity index (χ1v) is 10.7. The van der Waals surface area contributed by atoms with E-state index in [1.165, 1.54) is 5.56 Å². The molecule has 0 aromatic heterocycles. The molecule has 3 heteroatoms. The molecule has 29 heavy (non-hydrogen) atoms. The lowest BCUT2D eigenvalue weighted by Gasteiger charge is -2.14. The molecule has 0 bridgehead atoms. The number of Topliss-reactive ketones (excluding diaryl/α,β-unsaturated/α-hetero) is 1. The van der Waals surface area contributed by atoms with E-state index >= 15 is 0 Å². The van der Waals surface area contributed by atoms with Crippen molar-refractivity contribution in [3.8, 4) is 0 Å². The van der Waals surface area contributed by atoms with Crippen molar-refractivity contribution in [3.63, 3.8) is 0 Å². The van der Waals surface area contributed by atoms with Gasteiger partial charge in [-0.25, -0.2) is 0 Å². The second-order valence-electron chi connectivity index (χ2n) is 6.77. The van der Waals surface area contributed by atoms with Crippen LogP contribution in [0.3, 0.4) is 0 Å². The first-order valence-electron chi connectivity index (χ1n) is 10.7. The van der Waals surface area contributed by atoms with E-state index < -0.39 is 5.91 Å². The summed E-state index contributed by atoms with van der Waals surface area (Å²) in [4.78, 5) is 24.2. The first kappa shape index (κ1) is 24.4. The largest absolute Gasteiger partial charge is 0.366 e. The van der Waals surface area contributed by atoms with Crippen molar-refractivity contribution in [2.45, 2.75) is 60.3 Å². The lowest BCUT2D eigenvalue weighted by atomic mass is 9.90. The molecular weight excluding hydrogens is 358 g/mol. The summed E-state index contributed by atoms with van der Waals surface area (Å²) in [6.45, 7) is 10.0. The maximum absolute atomic E-state index is 12.8. The fourth-order valence-electron chi connectivity index (χ4n) is 3.45. The van der Waals surface area contributed by atoms with Crippen LogP contribution in [0.4, 0.5) is 0 Å². The van der Waals surface area contributed by atoms with Crippen LogP contribution in [0.1, 0.15) is 87.2 Å². The maximum Gasteiger partial charge on any atom is 0.248 e. The standard InChI is InChI=1S/C22H23NO2.2C2H6.H2/c1-15-7-8-17(13-16-5-3-2-4-6-16)9-12-21(24)20-14-18(22(23)25)10-11-19(15)20;2*1-2;/h2-7,10-11,14,17H,8-9,12-13H2,1H3,(H2,23,25);2*1-2H3;1H/b15-7-;;;. The van der Waals surface area contributed by atoms with E-state index in [9.17, 15) is 9.59 Å². The van der Waals surface area contributed by atoms with Crippen molar-refractivity contribution >= 4 is 17.3 Å². The highest BCUT2D eigenvalue weighted by molar-refractivity contribution is 6.03. The number of ketones is 1. The molecule has 158 valence electrons. The highest BCUT2D eigenvalue weighted by atomic mass is 16.1. The SMILES string of the molecule is C/C1=C/CC(Cc2ccccc2)CCC(=O)c2cc(C(N)=O)ccc21.CC.CC.[HH]. The Morgan fingerprint density at radius 3 is 2.31 bits per heavy atom. The second kappa shape index (κ2) is 12.7. The van der Waals surface area contributed by atoms with Crippen LogP contribution in [0.5, 0.6) is 0 Å². The van der Waals surface area contributed by atoms with Gasteiger partial charge in [-0.1, -0.05) is 70.2 Å². The summed E-state index contributed by atoms with van der Waals surface area (Å²) in [6.07, 6.45) is 5.48. The van der Waals surface area contributed by atoms with Crippen LogP contribution >= 0.6 is 0 Å². The van der Waals surface area contributed by atoms with E-state index in [-0.39, 0.29) is 7.21 Å². The summed E-state index contributed by atoms with van der Waals surface area (Å²) >= 11 is 0. The maximum atomic E-state index is 12.8. The van der Waals surface area contributed by atoms with Gasteiger partial charge in [0.2, 0.25) is 5.91 Å². The Bertz CT molecular complexity index is 828. The minimum Gasteiger partial charge on any atom is -0.366 e. The van der Waals surface area contributed by atoms with Gasteiger partial charge in [-0.3, -0.25) is 9.59 Å². The van der Waals surface area contributed by atoms with Gasteiger partial charge >= 0.3 is 0 Å². The minimum absolute atomic E-state index is 0. The van der Waals surface area contributed by atoms with E-state index in [2.05, 4.69) is 30.3 Å². The summed E-state index contributed by atoms with van der Waals surface area (Å²) < 4.78 is 0. The summed E-state index contributed by atoms with van der Waals surface area (Å²) in [7, 11) is 0. The number of carbonyl (C=O) groups is 2. The molecule has 3 rings (SSSR count). The average Bonchev–Trinajstić information content (AvgIpc) is 2.82. The molecule has 0 fully saturated rings. The van der Waals surface area contributed by atoms with Crippen molar-refractivity contribution in [1.29, 1.82) is 0 Å². The number of nitrogens with two attached hydrogens (primary N) is 1. The van der Waals surface area contributed by atoms with Crippen LogP contribution in [-0.2, 0) is 6.42 Å². The zero-order valence-electron chi connectivity index (χ0n) is 18.5. The lowest BCUT2D eigenvalue weighted by molar-refractivity contribution is 0.0973. The number of amides is 1. The molecule has 0 saturated carbocycles. The van der Waals surface area contributed by atoms with Crippen LogP contribution in [-0.4, -0.2) is 11.7 Å². The van der Waals surface area contributed by atoms with Gasteiger partial charge in [-0.2, -0.15) is 0 Å². The average molecular weight is 396 g/mol. The Hall–Kier alpha value is -2.68. The smallest absolute Gasteiger partial charge is 0.248 e. The number of fused-ring (bicyclic) bond motifs is 1. The second-order valence-corrected chi connectivity index (χ2v) is 6.77. The third-order valence-electron chi connectivity index (χ3n) is 4.93. The Morgan fingerprint density at radius 1 is 1.03 bits per heavy atom. The van der Waals surface area contributed by atoms with Crippen molar-refractivity contribution in [1.82, 2.24) is 0 Å². The third kappa shape index (κ3) is 7.01.